The van der Waals surface area contributed by atoms with Gasteiger partial charge in [-0.05, 0) is 75.0 Å². The van der Waals surface area contributed by atoms with Crippen LogP contribution in [0.25, 0.3) is 0 Å². The van der Waals surface area contributed by atoms with E-state index in [1.54, 1.807) is 0 Å². The Morgan fingerprint density at radius 1 is 1.35 bits per heavy atom. The van der Waals surface area contributed by atoms with Crippen molar-refractivity contribution < 1.29 is 0 Å². The first-order valence-electron chi connectivity index (χ1n) is 7.23. The van der Waals surface area contributed by atoms with Crippen LogP contribution in [-0.2, 0) is 0 Å². The number of hydrogen-bond acceptors (Lipinski definition) is 1. The molecule has 1 saturated heterocycles. The molecule has 1 aromatic carbocycles. The number of likely N-dealkylation sites (tertiary alicyclic amines) is 1. The number of thiocarbonyl (C=S) groups is 1. The van der Waals surface area contributed by atoms with Crippen LogP contribution in [0.15, 0.2) is 18.2 Å². The Balaban J connectivity index is 1.87. The molecule has 2 bridgehead atoms. The van der Waals surface area contributed by atoms with Crippen LogP contribution in [0.4, 0.5) is 0 Å². The summed E-state index contributed by atoms with van der Waals surface area (Å²) >= 11 is 11.8. The van der Waals surface area contributed by atoms with Crippen molar-refractivity contribution in [1.29, 1.82) is 0 Å². The summed E-state index contributed by atoms with van der Waals surface area (Å²) in [5.74, 6) is 0.655. The van der Waals surface area contributed by atoms with Gasteiger partial charge in [0.1, 0.15) is 0 Å². The molecule has 1 heterocycles. The van der Waals surface area contributed by atoms with Crippen molar-refractivity contribution in [3.63, 3.8) is 0 Å². The predicted molar refractivity (Wildman–Crippen MR) is 88.4 cm³/mol. The van der Waals surface area contributed by atoms with Crippen molar-refractivity contribution >= 4 is 28.9 Å². The van der Waals surface area contributed by atoms with E-state index in [9.17, 15) is 0 Å². The first-order valence-corrected chi connectivity index (χ1v) is 8.02. The molecule has 20 heavy (non-hydrogen) atoms. The van der Waals surface area contributed by atoms with E-state index in [2.05, 4.69) is 43.1 Å². The van der Waals surface area contributed by atoms with Crippen molar-refractivity contribution in [2.45, 2.75) is 51.1 Å². The highest BCUT2D eigenvalue weighted by atomic mass is 35.5. The fraction of sp³-hybridized carbons (Fsp3) is 0.562. The quantitative estimate of drug-likeness (QED) is 0.721. The monoisotopic (exact) mass is 308 g/mol. The topological polar surface area (TPSA) is 15.3 Å². The first-order chi connectivity index (χ1) is 9.35. The molecule has 4 heteroatoms. The summed E-state index contributed by atoms with van der Waals surface area (Å²) in [4.78, 5) is 2.36. The van der Waals surface area contributed by atoms with Crippen LogP contribution in [-0.4, -0.2) is 22.1 Å². The second-order valence-corrected chi connectivity index (χ2v) is 7.71. The Bertz CT molecular complexity index is 550. The average Bonchev–Trinajstić information content (AvgIpc) is 2.61. The molecular formula is C16H21ClN2S. The molecule has 1 N–H and O–H groups in total. The van der Waals surface area contributed by atoms with Crippen LogP contribution >= 0.6 is 23.8 Å². The normalized spacial score (nSPS) is 24.5. The number of piperidine rings is 1. The molecule has 0 amide bonds. The highest BCUT2D eigenvalue weighted by Gasteiger charge is 2.40. The van der Waals surface area contributed by atoms with Gasteiger partial charge in [-0.2, -0.15) is 0 Å². The molecule has 108 valence electrons. The first kappa shape index (κ1) is 14.2. The van der Waals surface area contributed by atoms with Crippen molar-refractivity contribution in [3.8, 4) is 0 Å². The van der Waals surface area contributed by atoms with E-state index in [0.717, 1.165) is 23.1 Å². The Labute approximate surface area is 131 Å². The molecule has 1 aliphatic heterocycles. The van der Waals surface area contributed by atoms with Gasteiger partial charge in [-0.15, -0.1) is 0 Å². The maximum Gasteiger partial charge on any atom is 0.169 e. The zero-order valence-corrected chi connectivity index (χ0v) is 13.8. The van der Waals surface area contributed by atoms with Gasteiger partial charge in [-0.1, -0.05) is 17.7 Å². The number of rotatable bonds is 0. The van der Waals surface area contributed by atoms with E-state index in [0.29, 0.717) is 12.0 Å². The van der Waals surface area contributed by atoms with Crippen LogP contribution < -0.4 is 5.32 Å². The third kappa shape index (κ3) is 2.53. The molecule has 0 saturated carbocycles. The van der Waals surface area contributed by atoms with Crippen LogP contribution in [0.1, 0.15) is 56.7 Å². The van der Waals surface area contributed by atoms with E-state index < -0.39 is 0 Å². The lowest BCUT2D eigenvalue weighted by Crippen LogP contribution is -2.50. The summed E-state index contributed by atoms with van der Waals surface area (Å²) < 4.78 is 0. The number of nitrogens with zero attached hydrogens (tertiary/aromatic N) is 1. The fourth-order valence-electron chi connectivity index (χ4n) is 3.38. The summed E-state index contributed by atoms with van der Waals surface area (Å²) in [6.45, 7) is 7.47. The third-order valence-electron chi connectivity index (χ3n) is 4.19. The third-order valence-corrected chi connectivity index (χ3v) is 4.76. The summed E-state index contributed by atoms with van der Waals surface area (Å²) in [5.41, 5.74) is 2.86. The zero-order valence-electron chi connectivity index (χ0n) is 12.2. The average molecular weight is 309 g/mol. The summed E-state index contributed by atoms with van der Waals surface area (Å²) in [6.07, 6.45) is 2.33. The Hall–Kier alpha value is -0.800. The number of benzene rings is 1. The lowest BCUT2D eigenvalue weighted by Gasteiger charge is -2.38. The fourth-order valence-corrected chi connectivity index (χ4v) is 4.09. The smallest absolute Gasteiger partial charge is 0.169 e. The Morgan fingerprint density at radius 3 is 2.80 bits per heavy atom. The molecule has 2 nitrogen and oxygen atoms in total. The highest BCUT2D eigenvalue weighted by molar-refractivity contribution is 7.80. The van der Waals surface area contributed by atoms with Gasteiger partial charge in [0.2, 0.25) is 0 Å². The number of hydrogen-bond donors (Lipinski definition) is 1. The van der Waals surface area contributed by atoms with Gasteiger partial charge in [-0.3, -0.25) is 0 Å². The maximum absolute atomic E-state index is 6.15. The van der Waals surface area contributed by atoms with Crippen molar-refractivity contribution in [3.05, 3.63) is 34.3 Å². The SMILES string of the molecule is CC(C)(C)NC(=S)N1CC[C@@H]2C[C@@H]1c1ccc(Cl)cc12. The Kier molecular flexibility index (Phi) is 3.46. The van der Waals surface area contributed by atoms with Gasteiger partial charge < -0.3 is 10.2 Å². The van der Waals surface area contributed by atoms with Gasteiger partial charge in [0.25, 0.3) is 0 Å². The number of halogens is 1. The minimum atomic E-state index is 0.00929. The van der Waals surface area contributed by atoms with Gasteiger partial charge >= 0.3 is 0 Å². The van der Waals surface area contributed by atoms with E-state index >= 15 is 0 Å². The molecule has 2 atom stereocenters. The van der Waals surface area contributed by atoms with Crippen molar-refractivity contribution in [2.75, 3.05) is 6.54 Å². The lowest BCUT2D eigenvalue weighted by atomic mass is 9.96. The van der Waals surface area contributed by atoms with Gasteiger partial charge in [0.05, 0.1) is 6.04 Å². The highest BCUT2D eigenvalue weighted by Crippen LogP contribution is 2.49. The zero-order chi connectivity index (χ0) is 14.5. The molecule has 0 unspecified atom stereocenters. The second kappa shape index (κ2) is 4.88. The van der Waals surface area contributed by atoms with Crippen LogP contribution in [0, 0.1) is 0 Å². The van der Waals surface area contributed by atoms with Crippen molar-refractivity contribution in [1.82, 2.24) is 10.2 Å². The molecule has 1 aliphatic carbocycles. The summed E-state index contributed by atoms with van der Waals surface area (Å²) in [6, 6.07) is 6.74. The van der Waals surface area contributed by atoms with Crippen LogP contribution in [0.2, 0.25) is 5.02 Å². The molecule has 0 spiro atoms. The standard InChI is InChI=1S/C16H21ClN2S/c1-16(2,3)18-15(20)19-7-6-10-8-14(19)12-5-4-11(17)9-13(10)12/h4-5,9-10,14H,6-8H2,1-3H3,(H,18,20)/t10-,14-/m1/s1. The minimum absolute atomic E-state index is 0.00929. The predicted octanol–water partition coefficient (Wildman–Crippen LogP) is 4.25. The van der Waals surface area contributed by atoms with E-state index in [4.69, 9.17) is 23.8 Å². The number of nitrogens with one attached hydrogen (secondary N) is 1. The maximum atomic E-state index is 6.15. The van der Waals surface area contributed by atoms with Crippen LogP contribution in [0.5, 0.6) is 0 Å². The van der Waals surface area contributed by atoms with Gasteiger partial charge in [0, 0.05) is 17.1 Å². The molecule has 0 aromatic heterocycles. The largest absolute Gasteiger partial charge is 0.358 e. The second-order valence-electron chi connectivity index (χ2n) is 6.88. The molecular weight excluding hydrogens is 288 g/mol. The number of fused-ring (bicyclic) bond motifs is 5. The van der Waals surface area contributed by atoms with E-state index in [1.165, 1.54) is 17.5 Å². The van der Waals surface area contributed by atoms with Crippen molar-refractivity contribution in [2.24, 2.45) is 0 Å². The summed E-state index contributed by atoms with van der Waals surface area (Å²) in [5, 5.41) is 5.17. The molecule has 2 aliphatic rings. The lowest BCUT2D eigenvalue weighted by molar-refractivity contribution is 0.241. The van der Waals surface area contributed by atoms with Gasteiger partial charge in [-0.25, -0.2) is 0 Å². The molecule has 1 fully saturated rings. The Morgan fingerprint density at radius 2 is 2.10 bits per heavy atom. The van der Waals surface area contributed by atoms with Gasteiger partial charge in [0.15, 0.2) is 5.11 Å². The molecule has 0 radical (unpaired) electrons. The minimum Gasteiger partial charge on any atom is -0.358 e. The molecule has 1 aromatic rings. The molecule has 3 rings (SSSR count). The van der Waals surface area contributed by atoms with E-state index in [-0.39, 0.29) is 5.54 Å². The summed E-state index contributed by atoms with van der Waals surface area (Å²) in [7, 11) is 0. The van der Waals surface area contributed by atoms with Crippen LogP contribution in [0.3, 0.4) is 0 Å². The van der Waals surface area contributed by atoms with E-state index in [1.807, 2.05) is 6.07 Å².